The molecule has 3 N–H and O–H groups in total. The van der Waals surface area contributed by atoms with E-state index in [1.165, 1.54) is 20.0 Å². The summed E-state index contributed by atoms with van der Waals surface area (Å²) in [6.45, 7) is 2.16. The fourth-order valence-corrected chi connectivity index (χ4v) is 2.37. The van der Waals surface area contributed by atoms with Crippen LogP contribution in [0.4, 0.5) is 13.2 Å². The van der Waals surface area contributed by atoms with Crippen LogP contribution >= 0.6 is 0 Å². The SMILES string of the molecule is CCS(=O)(=O)NCCNC(=NC)NCc1cccc(C(F)(F)F)c1. The molecule has 0 bridgehead atoms. The number of nitrogens with one attached hydrogen (secondary N) is 3. The normalized spacial score (nSPS) is 13.0. The van der Waals surface area contributed by atoms with Gasteiger partial charge in [0.1, 0.15) is 0 Å². The summed E-state index contributed by atoms with van der Waals surface area (Å²) < 4.78 is 62.9. The minimum absolute atomic E-state index is 0.00444. The highest BCUT2D eigenvalue weighted by Gasteiger charge is 2.30. The van der Waals surface area contributed by atoms with E-state index in [9.17, 15) is 21.6 Å². The summed E-state index contributed by atoms with van der Waals surface area (Å²) in [5, 5.41) is 5.74. The zero-order chi connectivity index (χ0) is 18.2. The Morgan fingerprint density at radius 1 is 1.21 bits per heavy atom. The average Bonchev–Trinajstić information content (AvgIpc) is 2.53. The van der Waals surface area contributed by atoms with Crippen LogP contribution in [0, 0.1) is 0 Å². The molecule has 0 amide bonds. The summed E-state index contributed by atoms with van der Waals surface area (Å²) in [6, 6.07) is 4.99. The van der Waals surface area contributed by atoms with E-state index in [2.05, 4.69) is 20.3 Å². The van der Waals surface area contributed by atoms with E-state index in [-0.39, 0.29) is 18.8 Å². The summed E-state index contributed by atoms with van der Waals surface area (Å²) >= 11 is 0. The summed E-state index contributed by atoms with van der Waals surface area (Å²) in [6.07, 6.45) is -4.38. The van der Waals surface area contributed by atoms with Gasteiger partial charge in [0.25, 0.3) is 0 Å². The maximum absolute atomic E-state index is 12.7. The molecule has 1 aromatic carbocycles. The van der Waals surface area contributed by atoms with Gasteiger partial charge in [-0.05, 0) is 24.6 Å². The molecule has 0 spiro atoms. The topological polar surface area (TPSA) is 82.6 Å². The van der Waals surface area contributed by atoms with Crippen molar-refractivity contribution < 1.29 is 21.6 Å². The van der Waals surface area contributed by atoms with Gasteiger partial charge in [-0.15, -0.1) is 0 Å². The van der Waals surface area contributed by atoms with E-state index in [0.29, 0.717) is 18.1 Å². The fourth-order valence-electron chi connectivity index (χ4n) is 1.75. The summed E-state index contributed by atoms with van der Waals surface area (Å²) in [5.74, 6) is 0.360. The first-order chi connectivity index (χ1) is 11.2. The molecule has 0 heterocycles. The van der Waals surface area contributed by atoms with Crippen molar-refractivity contribution >= 4 is 16.0 Å². The van der Waals surface area contributed by atoms with Gasteiger partial charge in [-0.25, -0.2) is 13.1 Å². The summed E-state index contributed by atoms with van der Waals surface area (Å²) in [4.78, 5) is 3.92. The number of benzene rings is 1. The Hall–Kier alpha value is -1.81. The highest BCUT2D eigenvalue weighted by Crippen LogP contribution is 2.29. The highest BCUT2D eigenvalue weighted by atomic mass is 32.2. The molecule has 0 aliphatic carbocycles. The lowest BCUT2D eigenvalue weighted by Gasteiger charge is -2.13. The molecule has 0 radical (unpaired) electrons. The Morgan fingerprint density at radius 2 is 1.92 bits per heavy atom. The number of guanidine groups is 1. The first-order valence-electron chi connectivity index (χ1n) is 7.26. The largest absolute Gasteiger partial charge is 0.416 e. The minimum atomic E-state index is -4.38. The Morgan fingerprint density at radius 3 is 2.50 bits per heavy atom. The number of alkyl halides is 3. The van der Waals surface area contributed by atoms with Crippen LogP contribution in [-0.4, -0.2) is 40.3 Å². The van der Waals surface area contributed by atoms with Crippen LogP contribution in [0.15, 0.2) is 29.3 Å². The zero-order valence-corrected chi connectivity index (χ0v) is 14.3. The van der Waals surface area contributed by atoms with E-state index >= 15 is 0 Å². The first-order valence-corrected chi connectivity index (χ1v) is 8.91. The molecule has 0 aliphatic heterocycles. The Labute approximate surface area is 139 Å². The molecule has 0 saturated heterocycles. The molecule has 1 aromatic rings. The third-order valence-electron chi connectivity index (χ3n) is 3.06. The quantitative estimate of drug-likeness (QED) is 0.386. The van der Waals surface area contributed by atoms with Crippen molar-refractivity contribution in [1.29, 1.82) is 0 Å². The number of hydrogen-bond acceptors (Lipinski definition) is 3. The van der Waals surface area contributed by atoms with Crippen molar-refractivity contribution in [1.82, 2.24) is 15.4 Å². The number of aliphatic imine (C=N–C) groups is 1. The van der Waals surface area contributed by atoms with Crippen molar-refractivity contribution in [3.63, 3.8) is 0 Å². The van der Waals surface area contributed by atoms with E-state index in [1.54, 1.807) is 6.07 Å². The van der Waals surface area contributed by atoms with Crippen molar-refractivity contribution in [2.75, 3.05) is 25.9 Å². The Balaban J connectivity index is 2.47. The number of sulfonamides is 1. The molecule has 0 aromatic heterocycles. The van der Waals surface area contributed by atoms with E-state index in [0.717, 1.165) is 12.1 Å². The van der Waals surface area contributed by atoms with Crippen LogP contribution in [0.2, 0.25) is 0 Å². The second-order valence-corrected chi connectivity index (χ2v) is 6.94. The van der Waals surface area contributed by atoms with E-state index < -0.39 is 21.8 Å². The predicted molar refractivity (Wildman–Crippen MR) is 87.1 cm³/mol. The van der Waals surface area contributed by atoms with Gasteiger partial charge in [0.05, 0.1) is 11.3 Å². The number of halogens is 3. The molecule has 136 valence electrons. The molecule has 0 saturated carbocycles. The predicted octanol–water partition coefficient (Wildman–Crippen LogP) is 1.31. The number of hydrogen-bond donors (Lipinski definition) is 3. The van der Waals surface area contributed by atoms with Crippen LogP contribution < -0.4 is 15.4 Å². The second kappa shape index (κ2) is 8.88. The highest BCUT2D eigenvalue weighted by molar-refractivity contribution is 7.89. The lowest BCUT2D eigenvalue weighted by atomic mass is 10.1. The summed E-state index contributed by atoms with van der Waals surface area (Å²) in [5.41, 5.74) is -0.252. The van der Waals surface area contributed by atoms with Gasteiger partial charge in [-0.1, -0.05) is 12.1 Å². The minimum Gasteiger partial charge on any atom is -0.355 e. The summed E-state index contributed by atoms with van der Waals surface area (Å²) in [7, 11) is -1.74. The van der Waals surface area contributed by atoms with Crippen LogP contribution in [0.1, 0.15) is 18.1 Å². The maximum atomic E-state index is 12.7. The molecule has 24 heavy (non-hydrogen) atoms. The van der Waals surface area contributed by atoms with Crippen LogP contribution in [-0.2, 0) is 22.7 Å². The first kappa shape index (κ1) is 20.2. The lowest BCUT2D eigenvalue weighted by molar-refractivity contribution is -0.137. The molecular weight excluding hydrogens is 345 g/mol. The third kappa shape index (κ3) is 7.18. The van der Waals surface area contributed by atoms with E-state index in [4.69, 9.17) is 0 Å². The lowest BCUT2D eigenvalue weighted by Crippen LogP contribution is -2.41. The molecule has 0 unspecified atom stereocenters. The molecular formula is C14H21F3N4O2S. The molecule has 10 heteroatoms. The third-order valence-corrected chi connectivity index (χ3v) is 4.46. The second-order valence-electron chi connectivity index (χ2n) is 4.85. The van der Waals surface area contributed by atoms with Gasteiger partial charge < -0.3 is 10.6 Å². The van der Waals surface area contributed by atoms with Gasteiger partial charge in [-0.3, -0.25) is 4.99 Å². The number of nitrogens with zero attached hydrogens (tertiary/aromatic N) is 1. The van der Waals surface area contributed by atoms with Gasteiger partial charge in [0, 0.05) is 26.7 Å². The molecule has 1 rings (SSSR count). The molecule has 6 nitrogen and oxygen atoms in total. The van der Waals surface area contributed by atoms with Gasteiger partial charge in [0.2, 0.25) is 10.0 Å². The molecule has 0 atom stereocenters. The van der Waals surface area contributed by atoms with Gasteiger partial charge >= 0.3 is 6.18 Å². The van der Waals surface area contributed by atoms with Crippen LogP contribution in [0.3, 0.4) is 0 Å². The maximum Gasteiger partial charge on any atom is 0.416 e. The van der Waals surface area contributed by atoms with Crippen LogP contribution in [0.25, 0.3) is 0 Å². The van der Waals surface area contributed by atoms with Crippen molar-refractivity contribution in [3.8, 4) is 0 Å². The molecule has 0 aliphatic rings. The van der Waals surface area contributed by atoms with Gasteiger partial charge in [-0.2, -0.15) is 13.2 Å². The monoisotopic (exact) mass is 366 g/mol. The van der Waals surface area contributed by atoms with E-state index in [1.807, 2.05) is 0 Å². The van der Waals surface area contributed by atoms with Crippen LogP contribution in [0.5, 0.6) is 0 Å². The average molecular weight is 366 g/mol. The zero-order valence-electron chi connectivity index (χ0n) is 13.4. The fraction of sp³-hybridized carbons (Fsp3) is 0.500. The molecule has 0 fully saturated rings. The Bertz CT molecular complexity index is 660. The smallest absolute Gasteiger partial charge is 0.355 e. The van der Waals surface area contributed by atoms with Crippen molar-refractivity contribution in [2.24, 2.45) is 4.99 Å². The van der Waals surface area contributed by atoms with Crippen molar-refractivity contribution in [3.05, 3.63) is 35.4 Å². The van der Waals surface area contributed by atoms with Crippen molar-refractivity contribution in [2.45, 2.75) is 19.6 Å². The standard InChI is InChI=1S/C14H21F3N4O2S/c1-3-24(22,23)21-8-7-19-13(18-2)20-10-11-5-4-6-12(9-11)14(15,16)17/h4-6,9,21H,3,7-8,10H2,1-2H3,(H2,18,19,20). The number of rotatable bonds is 7. The van der Waals surface area contributed by atoms with Gasteiger partial charge in [0.15, 0.2) is 5.96 Å². The Kier molecular flexibility index (Phi) is 7.49.